The smallest absolute Gasteiger partial charge is 0.306 e. The number of allylic oxidation sites excluding steroid dienone is 22. The van der Waals surface area contributed by atoms with Crippen LogP contribution in [0.25, 0.3) is 0 Å². The minimum atomic E-state index is -0.842. The summed E-state index contributed by atoms with van der Waals surface area (Å²) < 4.78 is 16.7. The van der Waals surface area contributed by atoms with E-state index in [1.807, 2.05) is 24.3 Å². The van der Waals surface area contributed by atoms with Crippen molar-refractivity contribution in [3.05, 3.63) is 134 Å². The molecule has 71 heavy (non-hydrogen) atoms. The van der Waals surface area contributed by atoms with E-state index >= 15 is 0 Å². The quantitative estimate of drug-likeness (QED) is 0.0262. The van der Waals surface area contributed by atoms with Gasteiger partial charge in [0.15, 0.2) is 6.10 Å². The molecule has 0 bridgehead atoms. The van der Waals surface area contributed by atoms with Crippen LogP contribution in [0.2, 0.25) is 0 Å². The summed E-state index contributed by atoms with van der Waals surface area (Å²) in [6.07, 6.45) is 81.8. The minimum absolute atomic E-state index is 0.143. The molecule has 0 N–H and O–H groups in total. The highest BCUT2D eigenvalue weighted by Gasteiger charge is 2.19. The number of hydrogen-bond donors (Lipinski definition) is 0. The number of rotatable bonds is 50. The molecular weight excluding hydrogens is 877 g/mol. The second kappa shape index (κ2) is 58.1. The molecular formula is C65H104O6. The zero-order chi connectivity index (χ0) is 51.4. The number of carbonyl (C=O) groups excluding carboxylic acids is 3. The molecule has 0 aromatic heterocycles. The highest BCUT2D eigenvalue weighted by atomic mass is 16.6. The molecule has 1 unspecified atom stereocenters. The lowest BCUT2D eigenvalue weighted by Gasteiger charge is -2.18. The fraction of sp³-hybridized carbons (Fsp3) is 0.615. The second-order valence-electron chi connectivity index (χ2n) is 18.4. The van der Waals surface area contributed by atoms with Gasteiger partial charge in [0.2, 0.25) is 0 Å². The molecule has 6 heteroatoms. The van der Waals surface area contributed by atoms with Gasteiger partial charge < -0.3 is 14.2 Å². The van der Waals surface area contributed by atoms with E-state index in [1.165, 1.54) is 96.3 Å². The van der Waals surface area contributed by atoms with Crippen LogP contribution in [-0.2, 0) is 28.6 Å². The lowest BCUT2D eigenvalue weighted by atomic mass is 10.0. The average Bonchev–Trinajstić information content (AvgIpc) is 3.37. The van der Waals surface area contributed by atoms with Crippen LogP contribution in [0.15, 0.2) is 134 Å². The summed E-state index contributed by atoms with van der Waals surface area (Å²) in [7, 11) is 0. The van der Waals surface area contributed by atoms with Gasteiger partial charge in [-0.25, -0.2) is 0 Å². The van der Waals surface area contributed by atoms with Crippen molar-refractivity contribution in [3.8, 4) is 0 Å². The van der Waals surface area contributed by atoms with Gasteiger partial charge in [0, 0.05) is 19.3 Å². The molecule has 0 saturated carbocycles. The van der Waals surface area contributed by atoms with Gasteiger partial charge in [-0.3, -0.25) is 14.4 Å². The van der Waals surface area contributed by atoms with Crippen molar-refractivity contribution in [1.29, 1.82) is 0 Å². The number of hydrogen-bond acceptors (Lipinski definition) is 6. The highest BCUT2D eigenvalue weighted by Crippen LogP contribution is 2.15. The third kappa shape index (κ3) is 56.3. The van der Waals surface area contributed by atoms with Crippen LogP contribution in [0.5, 0.6) is 0 Å². The molecule has 1 atom stereocenters. The Balaban J connectivity index is 4.59. The van der Waals surface area contributed by atoms with Gasteiger partial charge in [-0.05, 0) is 89.9 Å². The predicted molar refractivity (Wildman–Crippen MR) is 306 cm³/mol. The van der Waals surface area contributed by atoms with Crippen LogP contribution in [0.4, 0.5) is 0 Å². The number of carbonyl (C=O) groups is 3. The zero-order valence-electron chi connectivity index (χ0n) is 45.7. The maximum atomic E-state index is 12.9. The lowest BCUT2D eigenvalue weighted by molar-refractivity contribution is -0.166. The summed E-state index contributed by atoms with van der Waals surface area (Å²) in [5.74, 6) is -1.10. The molecule has 0 saturated heterocycles. The first-order chi connectivity index (χ1) is 35.0. The van der Waals surface area contributed by atoms with E-state index in [4.69, 9.17) is 14.2 Å². The number of ether oxygens (including phenoxy) is 3. The van der Waals surface area contributed by atoms with Crippen molar-refractivity contribution >= 4 is 17.9 Å². The molecule has 0 heterocycles. The first-order valence-corrected chi connectivity index (χ1v) is 28.7. The zero-order valence-corrected chi connectivity index (χ0v) is 45.7. The van der Waals surface area contributed by atoms with E-state index < -0.39 is 6.10 Å². The van der Waals surface area contributed by atoms with E-state index in [2.05, 4.69) is 130 Å². The normalized spacial score (nSPS) is 13.1. The van der Waals surface area contributed by atoms with Crippen LogP contribution >= 0.6 is 0 Å². The molecule has 0 amide bonds. The second-order valence-corrected chi connectivity index (χ2v) is 18.4. The van der Waals surface area contributed by atoms with Gasteiger partial charge >= 0.3 is 17.9 Å². The van der Waals surface area contributed by atoms with E-state index in [0.717, 1.165) is 89.9 Å². The van der Waals surface area contributed by atoms with Crippen LogP contribution in [0, 0.1) is 0 Å². The average molecular weight is 982 g/mol. The van der Waals surface area contributed by atoms with Crippen LogP contribution < -0.4 is 0 Å². The third-order valence-corrected chi connectivity index (χ3v) is 11.7. The topological polar surface area (TPSA) is 78.9 Å². The Morgan fingerprint density at radius 3 is 0.831 bits per heavy atom. The summed E-state index contributed by atoms with van der Waals surface area (Å²) in [5.41, 5.74) is 0. The van der Waals surface area contributed by atoms with E-state index in [-0.39, 0.29) is 44.0 Å². The Bertz CT molecular complexity index is 1550. The maximum absolute atomic E-state index is 12.9. The monoisotopic (exact) mass is 981 g/mol. The number of esters is 3. The molecule has 0 aromatic rings. The Labute approximate surface area is 436 Å². The molecule has 0 aliphatic rings. The Morgan fingerprint density at radius 2 is 0.549 bits per heavy atom. The van der Waals surface area contributed by atoms with Crippen LogP contribution in [-0.4, -0.2) is 37.2 Å². The third-order valence-electron chi connectivity index (χ3n) is 11.7. The van der Waals surface area contributed by atoms with Gasteiger partial charge in [0.1, 0.15) is 13.2 Å². The van der Waals surface area contributed by atoms with Gasteiger partial charge in [0.05, 0.1) is 0 Å². The molecule has 0 aliphatic heterocycles. The van der Waals surface area contributed by atoms with Gasteiger partial charge in [0.25, 0.3) is 0 Å². The van der Waals surface area contributed by atoms with Crippen molar-refractivity contribution in [2.75, 3.05) is 13.2 Å². The summed E-state index contributed by atoms with van der Waals surface area (Å²) >= 11 is 0. The van der Waals surface area contributed by atoms with Crippen molar-refractivity contribution in [1.82, 2.24) is 0 Å². The van der Waals surface area contributed by atoms with Gasteiger partial charge in [-0.1, -0.05) is 264 Å². The lowest BCUT2D eigenvalue weighted by Crippen LogP contribution is -2.30. The molecule has 0 rings (SSSR count). The largest absolute Gasteiger partial charge is 0.462 e. The highest BCUT2D eigenvalue weighted by molar-refractivity contribution is 5.71. The summed E-state index contributed by atoms with van der Waals surface area (Å²) in [5, 5.41) is 0. The van der Waals surface area contributed by atoms with E-state index in [9.17, 15) is 14.4 Å². The molecule has 6 nitrogen and oxygen atoms in total. The molecule has 400 valence electrons. The molecule has 0 aromatic carbocycles. The van der Waals surface area contributed by atoms with E-state index in [0.29, 0.717) is 19.3 Å². The Kier molecular flexibility index (Phi) is 54.5. The van der Waals surface area contributed by atoms with Crippen molar-refractivity contribution in [2.24, 2.45) is 0 Å². The molecule has 0 fully saturated rings. The minimum Gasteiger partial charge on any atom is -0.462 e. The Hall–Kier alpha value is -4.45. The molecule has 0 radical (unpaired) electrons. The number of unbranched alkanes of at least 4 members (excludes halogenated alkanes) is 17. The molecule has 0 aliphatic carbocycles. The SMILES string of the molecule is CC/C=C\C/C=C\C/C=C\C/C=C\C/C=C\C/C=C\CCC(=O)OCC(COC(=O)CC/C=C\C/C=C\C/C=C\C/C=C\C/C=C\CC)OC(=O)CCCCCCCCCCCCCCCCCCCC. The van der Waals surface area contributed by atoms with Crippen LogP contribution in [0.1, 0.15) is 239 Å². The predicted octanol–water partition coefficient (Wildman–Crippen LogP) is 19.4. The standard InChI is InChI=1S/C65H104O6/c1-4-7-10-13-16-19-22-25-28-31-33-35-37-40-43-46-49-52-55-58-64(67)70-61-62(60-69-63(66)57-54-51-48-45-42-39-36-30-27-24-21-18-15-12-9-6-3)71-65(68)59-56-53-50-47-44-41-38-34-32-29-26-23-20-17-14-11-8-5-2/h7,9-10,12,16,18-19,21,25,27-28,30,33,35,39-40,42-43,48-49,51-52,62H,4-6,8,11,13-15,17,20,22-24,26,29,31-32,34,36-38,41,44-47,50,53-61H2,1-3H3/b10-7-,12-9-,19-16-,21-18-,28-25-,30-27-,35-33-,42-39-,43-40-,51-48-,52-49-. The first kappa shape index (κ1) is 66.6. The fourth-order valence-corrected chi connectivity index (χ4v) is 7.46. The van der Waals surface area contributed by atoms with E-state index in [1.54, 1.807) is 0 Å². The molecule has 0 spiro atoms. The summed E-state index contributed by atoms with van der Waals surface area (Å²) in [4.78, 5) is 38.1. The van der Waals surface area contributed by atoms with Crippen molar-refractivity contribution < 1.29 is 28.6 Å². The van der Waals surface area contributed by atoms with Crippen LogP contribution in [0.3, 0.4) is 0 Å². The van der Waals surface area contributed by atoms with Crippen molar-refractivity contribution in [2.45, 2.75) is 245 Å². The Morgan fingerprint density at radius 1 is 0.296 bits per heavy atom. The van der Waals surface area contributed by atoms with Crippen molar-refractivity contribution in [3.63, 3.8) is 0 Å². The summed E-state index contributed by atoms with van der Waals surface area (Å²) in [6, 6.07) is 0. The van der Waals surface area contributed by atoms with Gasteiger partial charge in [-0.2, -0.15) is 0 Å². The summed E-state index contributed by atoms with van der Waals surface area (Å²) in [6.45, 7) is 6.28. The van der Waals surface area contributed by atoms with Gasteiger partial charge in [-0.15, -0.1) is 0 Å². The fourth-order valence-electron chi connectivity index (χ4n) is 7.46. The first-order valence-electron chi connectivity index (χ1n) is 28.7. The maximum Gasteiger partial charge on any atom is 0.306 e.